The standard InChI is InChI=1S/C23H23N5O2S/c1-2-3-12-30-16-8-6-14(7-9-16)18-13-17(20-11-10-19(31-20)15-4-5-15)21(23(29)24-18)22-25-27-28-26-22/h6-11,13,15H,2-5,12H2,1H3,(H,24,29)(H,25,26,27,28). The van der Waals surface area contributed by atoms with E-state index in [9.17, 15) is 4.79 Å². The molecule has 0 radical (unpaired) electrons. The van der Waals surface area contributed by atoms with Gasteiger partial charge in [0.1, 0.15) is 5.75 Å². The fourth-order valence-corrected chi connectivity index (χ4v) is 4.76. The minimum atomic E-state index is -0.226. The summed E-state index contributed by atoms with van der Waals surface area (Å²) in [6.45, 7) is 2.85. The van der Waals surface area contributed by atoms with Gasteiger partial charge in [0.2, 0.25) is 0 Å². The molecule has 5 rings (SSSR count). The largest absolute Gasteiger partial charge is 0.494 e. The molecule has 4 aromatic rings. The van der Waals surface area contributed by atoms with Crippen molar-refractivity contribution in [1.82, 2.24) is 25.6 Å². The third-order valence-corrected chi connectivity index (χ3v) is 6.70. The summed E-state index contributed by atoms with van der Waals surface area (Å²) in [4.78, 5) is 18.5. The van der Waals surface area contributed by atoms with Crippen molar-refractivity contribution in [2.24, 2.45) is 0 Å². The Morgan fingerprint density at radius 1 is 1.16 bits per heavy atom. The maximum atomic E-state index is 13.1. The Morgan fingerprint density at radius 3 is 2.71 bits per heavy atom. The van der Waals surface area contributed by atoms with Gasteiger partial charge >= 0.3 is 0 Å². The number of rotatable bonds is 8. The summed E-state index contributed by atoms with van der Waals surface area (Å²) in [5, 5.41) is 14.0. The van der Waals surface area contributed by atoms with Crippen LogP contribution in [0.1, 0.15) is 43.4 Å². The van der Waals surface area contributed by atoms with Crippen LogP contribution in [0.4, 0.5) is 0 Å². The number of thiophene rings is 1. The average molecular weight is 434 g/mol. The predicted molar refractivity (Wildman–Crippen MR) is 121 cm³/mol. The summed E-state index contributed by atoms with van der Waals surface area (Å²) in [6.07, 6.45) is 4.61. The van der Waals surface area contributed by atoms with E-state index in [0.29, 0.717) is 23.9 Å². The molecule has 1 fully saturated rings. The number of tetrazole rings is 1. The molecule has 0 amide bonds. The van der Waals surface area contributed by atoms with Crippen LogP contribution in [0, 0.1) is 0 Å². The van der Waals surface area contributed by atoms with Crippen molar-refractivity contribution in [2.45, 2.75) is 38.5 Å². The Bertz CT molecular complexity index is 1220. The number of hydrogen-bond acceptors (Lipinski definition) is 6. The van der Waals surface area contributed by atoms with Crippen LogP contribution in [0.2, 0.25) is 0 Å². The number of pyridine rings is 1. The second kappa shape index (κ2) is 8.47. The molecule has 0 saturated heterocycles. The Kier molecular flexibility index (Phi) is 5.38. The van der Waals surface area contributed by atoms with Gasteiger partial charge in [-0.3, -0.25) is 4.79 Å². The first kappa shape index (κ1) is 19.7. The SMILES string of the molecule is CCCCOc1ccc(-c2cc(-c3ccc(C4CC4)s3)c(-c3nnn[nH]3)c(=O)[nH]2)cc1. The molecule has 7 nitrogen and oxygen atoms in total. The third kappa shape index (κ3) is 4.16. The molecule has 1 aromatic carbocycles. The molecule has 1 aliphatic rings. The van der Waals surface area contributed by atoms with Gasteiger partial charge < -0.3 is 9.72 Å². The molecule has 8 heteroatoms. The van der Waals surface area contributed by atoms with E-state index in [1.54, 1.807) is 11.3 Å². The zero-order valence-electron chi connectivity index (χ0n) is 17.2. The van der Waals surface area contributed by atoms with Gasteiger partial charge in [0.15, 0.2) is 5.82 Å². The van der Waals surface area contributed by atoms with Crippen molar-refractivity contribution in [3.05, 3.63) is 57.7 Å². The first-order valence-corrected chi connectivity index (χ1v) is 11.4. The maximum Gasteiger partial charge on any atom is 0.260 e. The molecular weight excluding hydrogens is 410 g/mol. The van der Waals surface area contributed by atoms with Crippen LogP contribution in [0.3, 0.4) is 0 Å². The van der Waals surface area contributed by atoms with E-state index in [1.807, 2.05) is 30.3 Å². The van der Waals surface area contributed by atoms with Gasteiger partial charge in [-0.05, 0) is 83.6 Å². The first-order chi connectivity index (χ1) is 15.2. The Balaban J connectivity index is 1.54. The smallest absolute Gasteiger partial charge is 0.260 e. The number of H-pyrrole nitrogens is 2. The number of benzene rings is 1. The second-order valence-corrected chi connectivity index (χ2v) is 8.87. The normalized spacial score (nSPS) is 13.5. The lowest BCUT2D eigenvalue weighted by Crippen LogP contribution is -2.12. The molecule has 3 aromatic heterocycles. The highest BCUT2D eigenvalue weighted by Gasteiger charge is 2.26. The monoisotopic (exact) mass is 433 g/mol. The van der Waals surface area contributed by atoms with Gasteiger partial charge in [-0.2, -0.15) is 0 Å². The van der Waals surface area contributed by atoms with Crippen LogP contribution in [0.5, 0.6) is 5.75 Å². The quantitative estimate of drug-likeness (QED) is 0.381. The summed E-state index contributed by atoms with van der Waals surface area (Å²) >= 11 is 1.74. The van der Waals surface area contributed by atoms with Crippen molar-refractivity contribution in [3.63, 3.8) is 0 Å². The summed E-state index contributed by atoms with van der Waals surface area (Å²) in [5.41, 5.74) is 2.73. The lowest BCUT2D eigenvalue weighted by molar-refractivity contribution is 0.309. The zero-order chi connectivity index (χ0) is 21.2. The van der Waals surface area contributed by atoms with E-state index in [2.05, 4.69) is 44.7 Å². The number of nitrogens with zero attached hydrogens (tertiary/aromatic N) is 3. The fraction of sp³-hybridized carbons (Fsp3) is 0.304. The van der Waals surface area contributed by atoms with Gasteiger partial charge in [-0.25, -0.2) is 5.10 Å². The molecule has 0 bridgehead atoms. The lowest BCUT2D eigenvalue weighted by atomic mass is 10.0. The number of nitrogens with one attached hydrogen (secondary N) is 2. The van der Waals surface area contributed by atoms with E-state index < -0.39 is 0 Å². The van der Waals surface area contributed by atoms with Gasteiger partial charge in [-0.15, -0.1) is 16.4 Å². The molecule has 158 valence electrons. The van der Waals surface area contributed by atoms with Gasteiger partial charge in [0.25, 0.3) is 5.56 Å². The van der Waals surface area contributed by atoms with Crippen molar-refractivity contribution < 1.29 is 4.74 Å². The lowest BCUT2D eigenvalue weighted by Gasteiger charge is -2.10. The number of ether oxygens (including phenoxy) is 1. The highest BCUT2D eigenvalue weighted by molar-refractivity contribution is 7.15. The van der Waals surface area contributed by atoms with Crippen LogP contribution < -0.4 is 10.3 Å². The Labute approximate surface area is 183 Å². The van der Waals surface area contributed by atoms with E-state index in [4.69, 9.17) is 4.74 Å². The van der Waals surface area contributed by atoms with Crippen molar-refractivity contribution in [2.75, 3.05) is 6.61 Å². The van der Waals surface area contributed by atoms with Gasteiger partial charge in [-0.1, -0.05) is 13.3 Å². The minimum absolute atomic E-state index is 0.226. The molecule has 0 atom stereocenters. The molecule has 3 heterocycles. The van der Waals surface area contributed by atoms with E-state index in [-0.39, 0.29) is 5.56 Å². The Morgan fingerprint density at radius 2 is 2.00 bits per heavy atom. The van der Waals surface area contributed by atoms with Crippen LogP contribution in [-0.4, -0.2) is 32.2 Å². The van der Waals surface area contributed by atoms with Crippen molar-refractivity contribution in [3.8, 4) is 38.8 Å². The summed E-state index contributed by atoms with van der Waals surface area (Å²) < 4.78 is 5.76. The fourth-order valence-electron chi connectivity index (χ4n) is 3.56. The van der Waals surface area contributed by atoms with Crippen LogP contribution >= 0.6 is 11.3 Å². The summed E-state index contributed by atoms with van der Waals surface area (Å²) in [5.74, 6) is 1.86. The third-order valence-electron chi connectivity index (χ3n) is 5.42. The van der Waals surface area contributed by atoms with Crippen LogP contribution in [-0.2, 0) is 0 Å². The highest BCUT2D eigenvalue weighted by atomic mass is 32.1. The van der Waals surface area contributed by atoms with E-state index in [0.717, 1.165) is 40.3 Å². The number of hydrogen-bond donors (Lipinski definition) is 2. The van der Waals surface area contributed by atoms with E-state index >= 15 is 0 Å². The zero-order valence-corrected chi connectivity index (χ0v) is 18.0. The number of unbranched alkanes of at least 4 members (excludes halogenated alkanes) is 1. The molecule has 0 aliphatic heterocycles. The van der Waals surface area contributed by atoms with Crippen molar-refractivity contribution in [1.29, 1.82) is 0 Å². The first-order valence-electron chi connectivity index (χ1n) is 10.6. The van der Waals surface area contributed by atoms with E-state index in [1.165, 1.54) is 17.7 Å². The molecule has 31 heavy (non-hydrogen) atoms. The van der Waals surface area contributed by atoms with Crippen LogP contribution in [0.25, 0.3) is 33.1 Å². The molecule has 2 N–H and O–H groups in total. The molecule has 0 spiro atoms. The Hall–Kier alpha value is -3.26. The average Bonchev–Trinajstić information content (AvgIpc) is 3.28. The van der Waals surface area contributed by atoms with Gasteiger partial charge in [0.05, 0.1) is 12.2 Å². The molecule has 0 unspecified atom stereocenters. The van der Waals surface area contributed by atoms with Crippen molar-refractivity contribution >= 4 is 11.3 Å². The highest BCUT2D eigenvalue weighted by Crippen LogP contribution is 2.46. The van der Waals surface area contributed by atoms with Gasteiger partial charge in [0, 0.05) is 21.0 Å². The van der Waals surface area contributed by atoms with Crippen LogP contribution in [0.15, 0.2) is 47.3 Å². The maximum absolute atomic E-state index is 13.1. The molecular formula is C23H23N5O2S. The summed E-state index contributed by atoms with van der Waals surface area (Å²) in [6, 6.07) is 14.1. The molecule has 1 saturated carbocycles. The second-order valence-electron chi connectivity index (χ2n) is 7.75. The minimum Gasteiger partial charge on any atom is -0.494 e. The summed E-state index contributed by atoms with van der Waals surface area (Å²) in [7, 11) is 0. The number of aromatic amines is 2. The number of aromatic nitrogens is 5. The predicted octanol–water partition coefficient (Wildman–Crippen LogP) is 5.01. The topological polar surface area (TPSA) is 96.6 Å². The molecule has 1 aliphatic carbocycles.